The molecule has 0 saturated heterocycles. The van der Waals surface area contributed by atoms with Crippen LogP contribution in [0.3, 0.4) is 0 Å². The van der Waals surface area contributed by atoms with Crippen LogP contribution in [-0.2, 0) is 0 Å². The normalized spacial score (nSPS) is 11.0. The van der Waals surface area contributed by atoms with Gasteiger partial charge < -0.3 is 9.47 Å². The van der Waals surface area contributed by atoms with Gasteiger partial charge in [0.2, 0.25) is 0 Å². The number of rotatable bonds is 5. The highest BCUT2D eigenvalue weighted by Gasteiger charge is 2.12. The molecule has 23 heavy (non-hydrogen) atoms. The molecule has 0 aliphatic rings. The minimum absolute atomic E-state index is 0.233. The van der Waals surface area contributed by atoms with Crippen LogP contribution in [0.25, 0.3) is 11.6 Å². The fourth-order valence-electron chi connectivity index (χ4n) is 2.09. The van der Waals surface area contributed by atoms with Gasteiger partial charge in [-0.05, 0) is 36.8 Å². The zero-order valence-corrected chi connectivity index (χ0v) is 14.4. The van der Waals surface area contributed by atoms with Gasteiger partial charge in [0.25, 0.3) is 0 Å². The highest BCUT2D eigenvalue weighted by atomic mass is 79.9. The number of hydrogen-bond acceptors (Lipinski definition) is 3. The average molecular weight is 376 g/mol. The van der Waals surface area contributed by atoms with Crippen molar-refractivity contribution in [3.05, 3.63) is 57.8 Å². The van der Waals surface area contributed by atoms with Gasteiger partial charge in [-0.15, -0.1) is 0 Å². The first kappa shape index (κ1) is 17.0. The summed E-state index contributed by atoms with van der Waals surface area (Å²) < 4.78 is 25.4. The molecule has 0 atom stereocenters. The maximum absolute atomic E-state index is 13.9. The summed E-state index contributed by atoms with van der Waals surface area (Å²) in [6.07, 6.45) is 1.62. The van der Waals surface area contributed by atoms with Gasteiger partial charge in [0.05, 0.1) is 25.4 Å². The number of methoxy groups -OCH3 is 1. The van der Waals surface area contributed by atoms with Crippen LogP contribution < -0.4 is 9.47 Å². The molecule has 2 aromatic rings. The van der Waals surface area contributed by atoms with Crippen molar-refractivity contribution < 1.29 is 13.9 Å². The third-order valence-electron chi connectivity index (χ3n) is 3.17. The van der Waals surface area contributed by atoms with Crippen molar-refractivity contribution in [1.29, 1.82) is 5.26 Å². The molecule has 2 aromatic carbocycles. The summed E-state index contributed by atoms with van der Waals surface area (Å²) in [6, 6.07) is 11.7. The van der Waals surface area contributed by atoms with Gasteiger partial charge in [-0.2, -0.15) is 5.26 Å². The van der Waals surface area contributed by atoms with Crippen LogP contribution in [0.1, 0.15) is 18.1 Å². The van der Waals surface area contributed by atoms with E-state index in [1.54, 1.807) is 43.5 Å². The van der Waals surface area contributed by atoms with Gasteiger partial charge in [0.15, 0.2) is 11.5 Å². The number of allylic oxidation sites excluding steroid dienone is 1. The molecule has 0 N–H and O–H groups in total. The molecule has 0 spiro atoms. The Morgan fingerprint density at radius 2 is 2.04 bits per heavy atom. The zero-order chi connectivity index (χ0) is 16.8. The minimum Gasteiger partial charge on any atom is -0.493 e. The van der Waals surface area contributed by atoms with Crippen molar-refractivity contribution in [3.63, 3.8) is 0 Å². The maximum atomic E-state index is 13.9. The molecule has 0 saturated carbocycles. The van der Waals surface area contributed by atoms with Crippen molar-refractivity contribution >= 4 is 27.6 Å². The molecule has 0 heterocycles. The van der Waals surface area contributed by atoms with E-state index in [4.69, 9.17) is 9.47 Å². The minimum atomic E-state index is -0.435. The van der Waals surface area contributed by atoms with Gasteiger partial charge >= 0.3 is 0 Å². The van der Waals surface area contributed by atoms with Gasteiger partial charge in [0.1, 0.15) is 5.82 Å². The molecule has 2 rings (SSSR count). The predicted molar refractivity (Wildman–Crippen MR) is 91.7 cm³/mol. The fraction of sp³-hybridized carbons (Fsp3) is 0.167. The molecule has 0 unspecified atom stereocenters. The van der Waals surface area contributed by atoms with Gasteiger partial charge in [-0.1, -0.05) is 34.1 Å². The molecule has 5 heteroatoms. The average Bonchev–Trinajstić information content (AvgIpc) is 2.56. The molecule has 3 nitrogen and oxygen atoms in total. The van der Waals surface area contributed by atoms with E-state index in [9.17, 15) is 9.65 Å². The van der Waals surface area contributed by atoms with Crippen LogP contribution in [-0.4, -0.2) is 13.7 Å². The molecular formula is C18H15BrFNO2. The van der Waals surface area contributed by atoms with E-state index >= 15 is 0 Å². The van der Waals surface area contributed by atoms with Crippen LogP contribution in [0, 0.1) is 17.1 Å². The first-order valence-corrected chi connectivity index (χ1v) is 7.77. The maximum Gasteiger partial charge on any atom is 0.161 e. The lowest BCUT2D eigenvalue weighted by molar-refractivity contribution is 0.310. The molecule has 0 bridgehead atoms. The number of nitriles is 1. The summed E-state index contributed by atoms with van der Waals surface area (Å²) in [5.41, 5.74) is 1.20. The Hall–Kier alpha value is -2.32. The Morgan fingerprint density at radius 3 is 2.65 bits per heavy atom. The van der Waals surface area contributed by atoms with Crippen molar-refractivity contribution in [2.75, 3.05) is 13.7 Å². The van der Waals surface area contributed by atoms with Crippen molar-refractivity contribution in [1.82, 2.24) is 0 Å². The second kappa shape index (κ2) is 7.80. The van der Waals surface area contributed by atoms with E-state index in [1.165, 1.54) is 6.07 Å². The summed E-state index contributed by atoms with van der Waals surface area (Å²) in [6.45, 7) is 2.36. The second-order valence-corrected chi connectivity index (χ2v) is 5.46. The molecule has 0 aliphatic carbocycles. The first-order chi connectivity index (χ1) is 11.1. The summed E-state index contributed by atoms with van der Waals surface area (Å²) in [4.78, 5) is 0. The number of benzene rings is 2. The molecule has 0 aromatic heterocycles. The Bertz CT molecular complexity index is 781. The Morgan fingerprint density at radius 1 is 1.30 bits per heavy atom. The van der Waals surface area contributed by atoms with E-state index in [-0.39, 0.29) is 11.1 Å². The topological polar surface area (TPSA) is 42.2 Å². The highest BCUT2D eigenvalue weighted by molar-refractivity contribution is 9.10. The summed E-state index contributed by atoms with van der Waals surface area (Å²) >= 11 is 3.44. The highest BCUT2D eigenvalue weighted by Crippen LogP contribution is 2.35. The van der Waals surface area contributed by atoms with Crippen LogP contribution in [0.2, 0.25) is 0 Å². The van der Waals surface area contributed by atoms with E-state index < -0.39 is 5.82 Å². The van der Waals surface area contributed by atoms with Crippen molar-refractivity contribution in [2.24, 2.45) is 0 Å². The van der Waals surface area contributed by atoms with Crippen molar-refractivity contribution in [3.8, 4) is 17.6 Å². The lowest BCUT2D eigenvalue weighted by Crippen LogP contribution is -1.96. The molecule has 0 fully saturated rings. The summed E-state index contributed by atoms with van der Waals surface area (Å²) in [5, 5.41) is 9.37. The summed E-state index contributed by atoms with van der Waals surface area (Å²) in [7, 11) is 1.56. The number of halogens is 2. The van der Waals surface area contributed by atoms with Gasteiger partial charge in [-0.25, -0.2) is 4.39 Å². The largest absolute Gasteiger partial charge is 0.493 e. The van der Waals surface area contributed by atoms with Crippen LogP contribution in [0.5, 0.6) is 11.5 Å². The molecular weight excluding hydrogens is 361 g/mol. The molecule has 0 amide bonds. The van der Waals surface area contributed by atoms with E-state index in [0.717, 1.165) is 4.47 Å². The lowest BCUT2D eigenvalue weighted by Gasteiger charge is -2.12. The van der Waals surface area contributed by atoms with Gasteiger partial charge in [0, 0.05) is 10.0 Å². The predicted octanol–water partition coefficient (Wildman–Crippen LogP) is 5.06. The smallest absolute Gasteiger partial charge is 0.161 e. The molecule has 0 aliphatic heterocycles. The third-order valence-corrected chi connectivity index (χ3v) is 3.85. The zero-order valence-electron chi connectivity index (χ0n) is 12.8. The van der Waals surface area contributed by atoms with E-state index in [0.29, 0.717) is 23.7 Å². The molecule has 118 valence electrons. The Balaban J connectivity index is 2.54. The number of nitrogens with zero attached hydrogens (tertiary/aromatic N) is 1. The Labute approximate surface area is 143 Å². The van der Waals surface area contributed by atoms with E-state index in [1.807, 2.05) is 13.0 Å². The lowest BCUT2D eigenvalue weighted by atomic mass is 10.0. The standard InChI is InChI=1S/C18H15BrFNO2/c1-3-23-18-9-12(15(19)10-17(18)22-2)8-13(11-21)14-6-4-5-7-16(14)20/h4-10H,3H2,1-2H3/b13-8-. The number of ether oxygens (including phenoxy) is 2. The monoisotopic (exact) mass is 375 g/mol. The Kier molecular flexibility index (Phi) is 5.78. The first-order valence-electron chi connectivity index (χ1n) is 6.97. The van der Waals surface area contributed by atoms with Crippen LogP contribution >= 0.6 is 15.9 Å². The number of hydrogen-bond donors (Lipinski definition) is 0. The van der Waals surface area contributed by atoms with Crippen molar-refractivity contribution in [2.45, 2.75) is 6.92 Å². The fourth-order valence-corrected chi connectivity index (χ4v) is 2.53. The third kappa shape index (κ3) is 3.91. The van der Waals surface area contributed by atoms with Crippen LogP contribution in [0.15, 0.2) is 40.9 Å². The van der Waals surface area contributed by atoms with E-state index in [2.05, 4.69) is 15.9 Å². The SMILES string of the molecule is CCOc1cc(/C=C(/C#N)c2ccccc2F)c(Br)cc1OC. The quantitative estimate of drug-likeness (QED) is 0.541. The second-order valence-electron chi connectivity index (χ2n) is 4.61. The molecule has 0 radical (unpaired) electrons. The summed E-state index contributed by atoms with van der Waals surface area (Å²) in [5.74, 6) is 0.713. The van der Waals surface area contributed by atoms with Gasteiger partial charge in [-0.3, -0.25) is 0 Å². The van der Waals surface area contributed by atoms with Crippen LogP contribution in [0.4, 0.5) is 4.39 Å².